The Kier molecular flexibility index (Phi) is 3.37. The Morgan fingerprint density at radius 2 is 1.90 bits per heavy atom. The van der Waals surface area contributed by atoms with Gasteiger partial charge in [0, 0.05) is 18.5 Å². The fourth-order valence-corrected chi connectivity index (χ4v) is 2.58. The molecule has 1 heterocycles. The van der Waals surface area contributed by atoms with Gasteiger partial charge in [0.2, 0.25) is 0 Å². The summed E-state index contributed by atoms with van der Waals surface area (Å²) in [7, 11) is 0. The number of ether oxygens (including phenoxy) is 1. The van der Waals surface area contributed by atoms with E-state index in [0.29, 0.717) is 18.7 Å². The maximum absolute atomic E-state index is 12.8. The molecule has 0 spiro atoms. The zero-order chi connectivity index (χ0) is 15.0. The highest BCUT2D eigenvalue weighted by Crippen LogP contribution is 2.36. The lowest BCUT2D eigenvalue weighted by Crippen LogP contribution is -2.04. The normalized spacial score (nSPS) is 13.9. The molecule has 3 rings (SSSR count). The lowest BCUT2D eigenvalue weighted by atomic mass is 9.97. The van der Waals surface area contributed by atoms with Crippen LogP contribution in [0.5, 0.6) is 5.75 Å². The van der Waals surface area contributed by atoms with Crippen molar-refractivity contribution < 1.29 is 17.9 Å². The quantitative estimate of drug-likeness (QED) is 0.915. The van der Waals surface area contributed by atoms with Crippen molar-refractivity contribution in [1.82, 2.24) is 0 Å². The number of hydrogen-bond donors (Lipinski definition) is 1. The van der Waals surface area contributed by atoms with E-state index in [9.17, 15) is 13.2 Å². The molecule has 0 unspecified atom stereocenters. The van der Waals surface area contributed by atoms with Crippen molar-refractivity contribution in [2.45, 2.75) is 19.1 Å². The van der Waals surface area contributed by atoms with E-state index in [1.54, 1.807) is 12.1 Å². The minimum Gasteiger partial charge on any atom is -0.493 e. The third-order valence-corrected chi connectivity index (χ3v) is 3.60. The summed E-state index contributed by atoms with van der Waals surface area (Å²) in [5.74, 6) is 0.785. The van der Waals surface area contributed by atoms with Gasteiger partial charge in [-0.15, -0.1) is 0 Å². The Morgan fingerprint density at radius 3 is 2.62 bits per heavy atom. The fourth-order valence-electron chi connectivity index (χ4n) is 2.58. The number of nitrogens with two attached hydrogens (primary N) is 1. The van der Waals surface area contributed by atoms with Gasteiger partial charge in [-0.3, -0.25) is 0 Å². The third kappa shape index (κ3) is 2.61. The maximum Gasteiger partial charge on any atom is 0.416 e. The zero-order valence-electron chi connectivity index (χ0n) is 11.2. The predicted octanol–water partition coefficient (Wildman–Crippen LogP) is 3.77. The summed E-state index contributed by atoms with van der Waals surface area (Å²) in [5.41, 5.74) is 8.18. The van der Waals surface area contributed by atoms with E-state index in [1.807, 2.05) is 6.07 Å². The fraction of sp³-hybridized carbons (Fsp3) is 0.250. The van der Waals surface area contributed by atoms with Gasteiger partial charge >= 0.3 is 6.18 Å². The molecule has 0 aromatic heterocycles. The molecule has 2 N–H and O–H groups in total. The summed E-state index contributed by atoms with van der Waals surface area (Å²) < 4.78 is 44.0. The second-order valence-electron chi connectivity index (χ2n) is 5.00. The first-order valence-corrected chi connectivity index (χ1v) is 6.65. The van der Waals surface area contributed by atoms with Gasteiger partial charge in [0.1, 0.15) is 5.75 Å². The molecular formula is C16H14F3NO. The van der Waals surface area contributed by atoms with Gasteiger partial charge in [0.15, 0.2) is 0 Å². The second-order valence-corrected chi connectivity index (χ2v) is 5.00. The van der Waals surface area contributed by atoms with Gasteiger partial charge in [-0.05, 0) is 41.0 Å². The lowest BCUT2D eigenvalue weighted by molar-refractivity contribution is -0.137. The van der Waals surface area contributed by atoms with Crippen LogP contribution < -0.4 is 10.5 Å². The summed E-state index contributed by atoms with van der Waals surface area (Å²) in [6, 6.07) is 9.02. The van der Waals surface area contributed by atoms with Crippen LogP contribution in [0.2, 0.25) is 0 Å². The largest absolute Gasteiger partial charge is 0.493 e. The van der Waals surface area contributed by atoms with E-state index in [0.717, 1.165) is 41.0 Å². The molecule has 2 aromatic rings. The summed E-state index contributed by atoms with van der Waals surface area (Å²) >= 11 is 0. The van der Waals surface area contributed by atoms with Crippen LogP contribution in [0.25, 0.3) is 11.1 Å². The van der Waals surface area contributed by atoms with Crippen LogP contribution in [0.15, 0.2) is 36.4 Å². The number of fused-ring (bicyclic) bond motifs is 1. The molecule has 0 aliphatic carbocycles. The van der Waals surface area contributed by atoms with E-state index in [-0.39, 0.29) is 0 Å². The van der Waals surface area contributed by atoms with E-state index in [2.05, 4.69) is 0 Å². The topological polar surface area (TPSA) is 35.2 Å². The van der Waals surface area contributed by atoms with Gasteiger partial charge in [0.25, 0.3) is 0 Å². The second kappa shape index (κ2) is 5.07. The van der Waals surface area contributed by atoms with Crippen molar-refractivity contribution in [2.75, 3.05) is 6.61 Å². The van der Waals surface area contributed by atoms with Crippen LogP contribution in [-0.2, 0) is 19.1 Å². The summed E-state index contributed by atoms with van der Waals surface area (Å²) in [6.07, 6.45) is -3.58. The van der Waals surface area contributed by atoms with Crippen molar-refractivity contribution in [3.05, 3.63) is 53.1 Å². The average molecular weight is 293 g/mol. The molecule has 1 aliphatic rings. The first kappa shape index (κ1) is 13.9. The van der Waals surface area contributed by atoms with Gasteiger partial charge in [-0.25, -0.2) is 0 Å². The van der Waals surface area contributed by atoms with Crippen molar-refractivity contribution in [3.63, 3.8) is 0 Å². The zero-order valence-corrected chi connectivity index (χ0v) is 11.2. The highest BCUT2D eigenvalue weighted by atomic mass is 19.4. The third-order valence-electron chi connectivity index (χ3n) is 3.60. The Hall–Kier alpha value is -2.01. The smallest absolute Gasteiger partial charge is 0.416 e. The molecular weight excluding hydrogens is 279 g/mol. The molecule has 1 aliphatic heterocycles. The molecule has 0 radical (unpaired) electrons. The molecule has 0 saturated carbocycles. The average Bonchev–Trinajstić information content (AvgIpc) is 2.93. The van der Waals surface area contributed by atoms with Crippen LogP contribution in [-0.4, -0.2) is 6.61 Å². The monoisotopic (exact) mass is 293 g/mol. The number of rotatable bonds is 2. The summed E-state index contributed by atoms with van der Waals surface area (Å²) in [4.78, 5) is 0. The maximum atomic E-state index is 12.8. The Balaban J connectivity index is 2.09. The minimum atomic E-state index is -4.34. The number of benzene rings is 2. The standard InChI is InChI=1S/C16H14F3NO/c17-16(18,19)14-3-1-2-10(8-14)12-6-11-4-5-21-15(11)13(7-12)9-20/h1-3,6-8H,4-5,9,20H2. The van der Waals surface area contributed by atoms with Crippen LogP contribution in [0.4, 0.5) is 13.2 Å². The molecule has 5 heteroatoms. The van der Waals surface area contributed by atoms with Crippen LogP contribution in [0.3, 0.4) is 0 Å². The van der Waals surface area contributed by atoms with E-state index < -0.39 is 11.7 Å². The summed E-state index contributed by atoms with van der Waals surface area (Å²) in [5, 5.41) is 0. The van der Waals surface area contributed by atoms with Gasteiger partial charge < -0.3 is 10.5 Å². The van der Waals surface area contributed by atoms with Gasteiger partial charge in [-0.2, -0.15) is 13.2 Å². The van der Waals surface area contributed by atoms with E-state index in [4.69, 9.17) is 10.5 Å². The first-order chi connectivity index (χ1) is 9.99. The van der Waals surface area contributed by atoms with Crippen molar-refractivity contribution in [2.24, 2.45) is 5.73 Å². The molecule has 2 nitrogen and oxygen atoms in total. The van der Waals surface area contributed by atoms with Crippen LogP contribution in [0, 0.1) is 0 Å². The Labute approximate surface area is 120 Å². The van der Waals surface area contributed by atoms with Crippen molar-refractivity contribution in [1.29, 1.82) is 0 Å². The molecule has 0 fully saturated rings. The number of alkyl halides is 3. The number of halogens is 3. The van der Waals surface area contributed by atoms with Gasteiger partial charge in [0.05, 0.1) is 12.2 Å². The van der Waals surface area contributed by atoms with Crippen LogP contribution >= 0.6 is 0 Å². The molecule has 2 aromatic carbocycles. The van der Waals surface area contributed by atoms with E-state index >= 15 is 0 Å². The first-order valence-electron chi connectivity index (χ1n) is 6.65. The molecule has 0 amide bonds. The summed E-state index contributed by atoms with van der Waals surface area (Å²) in [6.45, 7) is 0.892. The lowest BCUT2D eigenvalue weighted by Gasteiger charge is -2.12. The highest BCUT2D eigenvalue weighted by molar-refractivity contribution is 5.68. The Bertz CT molecular complexity index is 680. The molecule has 0 saturated heterocycles. The molecule has 21 heavy (non-hydrogen) atoms. The van der Waals surface area contributed by atoms with Crippen molar-refractivity contribution >= 4 is 0 Å². The SMILES string of the molecule is NCc1cc(-c2cccc(C(F)(F)F)c2)cc2c1OCC2. The Morgan fingerprint density at radius 1 is 1.10 bits per heavy atom. The minimum absolute atomic E-state index is 0.301. The highest BCUT2D eigenvalue weighted by Gasteiger charge is 2.30. The van der Waals surface area contributed by atoms with Crippen LogP contribution in [0.1, 0.15) is 16.7 Å². The van der Waals surface area contributed by atoms with Gasteiger partial charge in [-0.1, -0.05) is 12.1 Å². The molecule has 0 bridgehead atoms. The van der Waals surface area contributed by atoms with E-state index in [1.165, 1.54) is 6.07 Å². The number of hydrogen-bond acceptors (Lipinski definition) is 2. The molecule has 110 valence electrons. The molecule has 0 atom stereocenters. The van der Waals surface area contributed by atoms with Crippen molar-refractivity contribution in [3.8, 4) is 16.9 Å². The predicted molar refractivity (Wildman–Crippen MR) is 74.0 cm³/mol.